The number of carbonyl (C=O) groups is 1. The molecule has 1 heterocycles. The first-order chi connectivity index (χ1) is 12.1. The number of unbranched alkanes of at least 4 members (excludes halogenated alkanes) is 1. The Morgan fingerprint density at radius 3 is 2.60 bits per heavy atom. The lowest BCUT2D eigenvalue weighted by molar-refractivity contribution is -0.116. The molecule has 1 aromatic heterocycles. The number of anilines is 1. The van der Waals surface area contributed by atoms with Crippen LogP contribution < -0.4 is 4.90 Å². The van der Waals surface area contributed by atoms with Crippen molar-refractivity contribution in [2.45, 2.75) is 26.7 Å². The zero-order valence-corrected chi connectivity index (χ0v) is 15.3. The van der Waals surface area contributed by atoms with Crippen LogP contribution in [0.3, 0.4) is 0 Å². The average Bonchev–Trinajstić information content (AvgIpc) is 2.62. The number of hydrogen-bond donors (Lipinski definition) is 0. The number of halogens is 1. The maximum absolute atomic E-state index is 12.3. The van der Waals surface area contributed by atoms with E-state index in [0.717, 1.165) is 40.6 Å². The third kappa shape index (κ3) is 3.67. The fourth-order valence-electron chi connectivity index (χ4n) is 3.03. The van der Waals surface area contributed by atoms with Crippen molar-refractivity contribution in [3.05, 3.63) is 59.8 Å². The molecule has 0 fully saturated rings. The monoisotopic (exact) mass is 352 g/mol. The number of pyridine rings is 1. The summed E-state index contributed by atoms with van der Waals surface area (Å²) in [5.74, 6) is 0.0220. The summed E-state index contributed by atoms with van der Waals surface area (Å²) in [5, 5.41) is 1.62. The highest BCUT2D eigenvalue weighted by atomic mass is 35.5. The van der Waals surface area contributed by atoms with E-state index in [4.69, 9.17) is 11.6 Å². The van der Waals surface area contributed by atoms with E-state index in [0.29, 0.717) is 11.6 Å². The van der Waals surface area contributed by atoms with Crippen LogP contribution in [0.2, 0.25) is 5.02 Å². The molecule has 3 nitrogen and oxygen atoms in total. The Hall–Kier alpha value is -2.39. The Kier molecular flexibility index (Phi) is 5.34. The van der Waals surface area contributed by atoms with Gasteiger partial charge in [0.1, 0.15) is 0 Å². The normalized spacial score (nSPS) is 10.8. The summed E-state index contributed by atoms with van der Waals surface area (Å²) in [6.07, 6.45) is 3.77. The van der Waals surface area contributed by atoms with Crippen LogP contribution in [0.4, 0.5) is 5.69 Å². The molecule has 3 rings (SSSR count). The van der Waals surface area contributed by atoms with Crippen molar-refractivity contribution in [3.63, 3.8) is 0 Å². The summed E-state index contributed by atoms with van der Waals surface area (Å²) < 4.78 is 0. The van der Waals surface area contributed by atoms with Crippen LogP contribution >= 0.6 is 11.6 Å². The van der Waals surface area contributed by atoms with Crippen LogP contribution in [0, 0.1) is 0 Å². The number of carbonyl (C=O) groups excluding carboxylic acids is 1. The summed E-state index contributed by atoms with van der Waals surface area (Å²) in [7, 11) is 0. The van der Waals surface area contributed by atoms with Crippen molar-refractivity contribution < 1.29 is 4.79 Å². The second-order valence-electron chi connectivity index (χ2n) is 6.07. The fourth-order valence-corrected chi connectivity index (χ4v) is 3.20. The molecule has 0 aliphatic rings. The molecule has 1 amide bonds. The van der Waals surface area contributed by atoms with Crippen molar-refractivity contribution >= 4 is 34.1 Å². The minimum Gasteiger partial charge on any atom is -0.311 e. The smallest absolute Gasteiger partial charge is 0.223 e. The first-order valence-electron chi connectivity index (χ1n) is 8.53. The van der Waals surface area contributed by atoms with Gasteiger partial charge in [-0.2, -0.15) is 0 Å². The zero-order valence-electron chi connectivity index (χ0n) is 14.5. The van der Waals surface area contributed by atoms with Crippen molar-refractivity contribution in [3.8, 4) is 11.1 Å². The Morgan fingerprint density at radius 2 is 1.92 bits per heavy atom. The average molecular weight is 353 g/mol. The Morgan fingerprint density at radius 1 is 1.16 bits per heavy atom. The molecule has 0 radical (unpaired) electrons. The second-order valence-corrected chi connectivity index (χ2v) is 6.51. The highest BCUT2D eigenvalue weighted by Gasteiger charge is 2.19. The molecule has 0 atom stereocenters. The molecular weight excluding hydrogens is 332 g/mol. The maximum atomic E-state index is 12.3. The molecule has 0 N–H and O–H groups in total. The number of amides is 1. The molecule has 0 saturated heterocycles. The number of rotatable bonds is 5. The minimum atomic E-state index is 0.0220. The molecule has 0 spiro atoms. The van der Waals surface area contributed by atoms with Gasteiger partial charge in [-0.1, -0.05) is 55.3 Å². The summed E-state index contributed by atoms with van der Waals surface area (Å²) in [6.45, 7) is 4.40. The zero-order chi connectivity index (χ0) is 17.8. The molecule has 128 valence electrons. The number of aromatic nitrogens is 1. The van der Waals surface area contributed by atoms with E-state index in [9.17, 15) is 4.79 Å². The van der Waals surface area contributed by atoms with E-state index in [2.05, 4.69) is 24.0 Å². The number of nitrogens with zero attached hydrogens (tertiary/aromatic N) is 2. The highest BCUT2D eigenvalue weighted by Crippen LogP contribution is 2.37. The molecule has 0 aliphatic heterocycles. The van der Waals surface area contributed by atoms with Gasteiger partial charge in [0.25, 0.3) is 0 Å². The van der Waals surface area contributed by atoms with Gasteiger partial charge in [-0.15, -0.1) is 0 Å². The predicted molar refractivity (Wildman–Crippen MR) is 105 cm³/mol. The van der Waals surface area contributed by atoms with Crippen molar-refractivity contribution in [1.29, 1.82) is 0 Å². The largest absolute Gasteiger partial charge is 0.311 e. The topological polar surface area (TPSA) is 33.2 Å². The third-order valence-corrected chi connectivity index (χ3v) is 4.51. The molecule has 0 saturated carbocycles. The third-order valence-electron chi connectivity index (χ3n) is 4.28. The van der Waals surface area contributed by atoms with E-state index < -0.39 is 0 Å². The molecule has 25 heavy (non-hydrogen) atoms. The van der Waals surface area contributed by atoms with E-state index in [1.165, 1.54) is 0 Å². The summed E-state index contributed by atoms with van der Waals surface area (Å²) >= 11 is 6.25. The van der Waals surface area contributed by atoms with Crippen LogP contribution in [-0.2, 0) is 4.79 Å². The summed E-state index contributed by atoms with van der Waals surface area (Å²) in [5.41, 5.74) is 3.75. The standard InChI is InChI=1S/C21H21ClN2O/c1-3-4-12-24(15(2)25)20-14-23-19-11-10-17(22)13-18(19)21(20)16-8-6-5-7-9-16/h5-11,13-14H,3-4,12H2,1-2H3. The molecular formula is C21H21ClN2O. The van der Waals surface area contributed by atoms with Gasteiger partial charge in [0.05, 0.1) is 17.4 Å². The SMILES string of the molecule is CCCCN(C(C)=O)c1cnc2ccc(Cl)cc2c1-c1ccccc1. The quantitative estimate of drug-likeness (QED) is 0.589. The maximum Gasteiger partial charge on any atom is 0.223 e. The predicted octanol–water partition coefficient (Wildman–Crippen LogP) is 5.71. The molecule has 0 aliphatic carbocycles. The highest BCUT2D eigenvalue weighted by molar-refractivity contribution is 6.31. The Labute approximate surface area is 153 Å². The molecule has 0 bridgehead atoms. The molecule has 0 unspecified atom stereocenters. The number of benzene rings is 2. The van der Waals surface area contributed by atoms with E-state index in [1.807, 2.05) is 41.3 Å². The fraction of sp³-hybridized carbons (Fsp3) is 0.238. The Balaban J connectivity index is 2.29. The first-order valence-corrected chi connectivity index (χ1v) is 8.91. The van der Waals surface area contributed by atoms with Gasteiger partial charge in [0.2, 0.25) is 5.91 Å². The van der Waals surface area contributed by atoms with Gasteiger partial charge >= 0.3 is 0 Å². The number of hydrogen-bond acceptors (Lipinski definition) is 2. The van der Waals surface area contributed by atoms with E-state index >= 15 is 0 Å². The Bertz CT molecular complexity index is 893. The van der Waals surface area contributed by atoms with Crippen molar-refractivity contribution in [2.75, 3.05) is 11.4 Å². The molecule has 4 heteroatoms. The minimum absolute atomic E-state index is 0.0220. The van der Waals surface area contributed by atoms with Gasteiger partial charge in [-0.25, -0.2) is 0 Å². The van der Waals surface area contributed by atoms with Crippen LogP contribution in [0.5, 0.6) is 0 Å². The molecule has 3 aromatic rings. The van der Waals surface area contributed by atoms with Gasteiger partial charge in [-0.3, -0.25) is 9.78 Å². The molecule has 2 aromatic carbocycles. The van der Waals surface area contributed by atoms with Crippen LogP contribution in [0.25, 0.3) is 22.0 Å². The lowest BCUT2D eigenvalue weighted by Gasteiger charge is -2.25. The van der Waals surface area contributed by atoms with Gasteiger partial charge in [0.15, 0.2) is 0 Å². The second kappa shape index (κ2) is 7.66. The van der Waals surface area contributed by atoms with Crippen LogP contribution in [-0.4, -0.2) is 17.4 Å². The summed E-state index contributed by atoms with van der Waals surface area (Å²) in [4.78, 5) is 18.7. The van der Waals surface area contributed by atoms with E-state index in [1.54, 1.807) is 13.1 Å². The summed E-state index contributed by atoms with van der Waals surface area (Å²) in [6, 6.07) is 15.8. The lowest BCUT2D eigenvalue weighted by atomic mass is 9.98. The van der Waals surface area contributed by atoms with E-state index in [-0.39, 0.29) is 5.91 Å². The van der Waals surface area contributed by atoms with Crippen LogP contribution in [0.15, 0.2) is 54.7 Å². The lowest BCUT2D eigenvalue weighted by Crippen LogP contribution is -2.30. The number of fused-ring (bicyclic) bond motifs is 1. The van der Waals surface area contributed by atoms with Gasteiger partial charge in [-0.05, 0) is 30.2 Å². The first kappa shape index (κ1) is 17.4. The van der Waals surface area contributed by atoms with Gasteiger partial charge < -0.3 is 4.90 Å². The van der Waals surface area contributed by atoms with Gasteiger partial charge in [0, 0.05) is 29.4 Å². The van der Waals surface area contributed by atoms with Crippen LogP contribution in [0.1, 0.15) is 26.7 Å². The van der Waals surface area contributed by atoms with Crippen molar-refractivity contribution in [1.82, 2.24) is 4.98 Å². The van der Waals surface area contributed by atoms with Crippen molar-refractivity contribution in [2.24, 2.45) is 0 Å².